The van der Waals surface area contributed by atoms with Gasteiger partial charge in [-0.05, 0) is 44.2 Å². The molecule has 0 atom stereocenters. The van der Waals surface area contributed by atoms with E-state index in [1.807, 2.05) is 0 Å². The average molecular weight is 361 g/mol. The lowest BCUT2D eigenvalue weighted by Gasteiger charge is -2.29. The highest BCUT2D eigenvalue weighted by atomic mass is 35.5. The van der Waals surface area contributed by atoms with Gasteiger partial charge < -0.3 is 0 Å². The summed E-state index contributed by atoms with van der Waals surface area (Å²) in [6.07, 6.45) is 0. The Morgan fingerprint density at radius 3 is 2.50 bits per heavy atom. The van der Waals surface area contributed by atoms with Gasteiger partial charge in [0.2, 0.25) is 0 Å². The van der Waals surface area contributed by atoms with Crippen LogP contribution in [0.3, 0.4) is 0 Å². The van der Waals surface area contributed by atoms with Gasteiger partial charge in [-0.1, -0.05) is 42.0 Å². The predicted molar refractivity (Wildman–Crippen MR) is 97.2 cm³/mol. The normalized spacial score (nSPS) is 16.2. The highest BCUT2D eigenvalue weighted by molar-refractivity contribution is 7.82. The molecule has 122 valence electrons. The first-order chi connectivity index (χ1) is 11.3. The van der Waals surface area contributed by atoms with Gasteiger partial charge in [-0.25, -0.2) is 4.39 Å². The fourth-order valence-corrected chi connectivity index (χ4v) is 3.21. The molecule has 0 aliphatic carbocycles. The lowest BCUT2D eigenvalue weighted by Crippen LogP contribution is -2.46. The van der Waals surface area contributed by atoms with Crippen molar-refractivity contribution >= 4 is 40.4 Å². The van der Waals surface area contributed by atoms with E-state index in [-0.39, 0.29) is 11.5 Å². The molecule has 24 heavy (non-hydrogen) atoms. The molecule has 1 heterocycles. The Bertz CT molecular complexity index is 862. The molecule has 1 aliphatic heterocycles. The lowest BCUT2D eigenvalue weighted by atomic mass is 10.1. The van der Waals surface area contributed by atoms with E-state index < -0.39 is 11.5 Å². The number of thiocarbonyl (C=S) groups is 1. The van der Waals surface area contributed by atoms with Crippen molar-refractivity contribution in [3.8, 4) is 0 Å². The summed E-state index contributed by atoms with van der Waals surface area (Å²) >= 11 is 11.4. The largest absolute Gasteiger partial charge is 0.272 e. The number of carbonyl (C=O) groups excluding carboxylic acids is 1. The van der Waals surface area contributed by atoms with Crippen LogP contribution in [-0.4, -0.2) is 27.2 Å². The van der Waals surface area contributed by atoms with Gasteiger partial charge >= 0.3 is 0 Å². The van der Waals surface area contributed by atoms with Crippen LogP contribution < -0.4 is 0 Å². The summed E-state index contributed by atoms with van der Waals surface area (Å²) in [4.78, 5) is 19.2. The molecule has 0 radical (unpaired) electrons. The third kappa shape index (κ3) is 2.97. The molecule has 0 saturated carbocycles. The van der Waals surface area contributed by atoms with Crippen LogP contribution in [0.25, 0.3) is 0 Å². The highest BCUT2D eigenvalue weighted by Gasteiger charge is 2.42. The van der Waals surface area contributed by atoms with Gasteiger partial charge in [0, 0.05) is 16.1 Å². The first-order valence-electron chi connectivity index (χ1n) is 7.30. The molecule has 1 amide bonds. The van der Waals surface area contributed by atoms with Crippen LogP contribution in [0.2, 0.25) is 5.02 Å². The summed E-state index contributed by atoms with van der Waals surface area (Å²) in [6, 6.07) is 12.6. The number of amides is 1. The van der Waals surface area contributed by atoms with Crippen LogP contribution in [0.1, 0.15) is 29.8 Å². The smallest absolute Gasteiger partial charge is 0.261 e. The van der Waals surface area contributed by atoms with Crippen LogP contribution in [0.5, 0.6) is 0 Å². The van der Waals surface area contributed by atoms with Gasteiger partial charge in [0.05, 0.1) is 0 Å². The van der Waals surface area contributed by atoms with Crippen molar-refractivity contribution in [3.05, 3.63) is 70.5 Å². The van der Waals surface area contributed by atoms with E-state index in [1.165, 1.54) is 23.1 Å². The van der Waals surface area contributed by atoms with Gasteiger partial charge in [0.1, 0.15) is 22.2 Å². The van der Waals surface area contributed by atoms with Gasteiger partial charge in [-0.15, -0.1) is 0 Å². The Balaban J connectivity index is 1.98. The zero-order valence-corrected chi connectivity index (χ0v) is 14.7. The molecule has 0 spiro atoms. The monoisotopic (exact) mass is 360 g/mol. The summed E-state index contributed by atoms with van der Waals surface area (Å²) in [5, 5.41) is 0.607. The second kappa shape index (κ2) is 6.07. The number of benzene rings is 2. The summed E-state index contributed by atoms with van der Waals surface area (Å²) in [6.45, 7) is 3.58. The minimum atomic E-state index is -0.852. The zero-order valence-electron chi connectivity index (χ0n) is 13.1. The van der Waals surface area contributed by atoms with Gasteiger partial charge in [0.15, 0.2) is 0 Å². The molecule has 6 heteroatoms. The molecule has 1 aliphatic rings. The van der Waals surface area contributed by atoms with E-state index >= 15 is 0 Å². The van der Waals surface area contributed by atoms with E-state index in [4.69, 9.17) is 23.8 Å². The molecule has 0 N–H and O–H groups in total. The fraction of sp³-hybridized carbons (Fsp3) is 0.167. The van der Waals surface area contributed by atoms with E-state index in [9.17, 15) is 9.18 Å². The highest BCUT2D eigenvalue weighted by Crippen LogP contribution is 2.29. The Morgan fingerprint density at radius 2 is 1.88 bits per heavy atom. The standard InChI is InChI=1S/C18H14ClFN2OS/c1-18(2)21-15(11-6-8-13(19)9-7-11)17(24)22(18)16(23)12-4-3-5-14(20)10-12/h3-10H,1-2H3. The molecule has 0 aromatic heterocycles. The third-order valence-corrected chi connectivity index (χ3v) is 4.36. The van der Waals surface area contributed by atoms with Crippen molar-refractivity contribution in [2.45, 2.75) is 19.5 Å². The molecule has 0 unspecified atom stereocenters. The van der Waals surface area contributed by atoms with E-state index in [1.54, 1.807) is 44.2 Å². The van der Waals surface area contributed by atoms with E-state index in [2.05, 4.69) is 4.99 Å². The summed E-state index contributed by atoms with van der Waals surface area (Å²) < 4.78 is 13.4. The van der Waals surface area contributed by atoms with Crippen LogP contribution in [0.4, 0.5) is 4.39 Å². The molecule has 3 nitrogen and oxygen atoms in total. The Kier molecular flexibility index (Phi) is 4.24. The second-order valence-electron chi connectivity index (χ2n) is 5.92. The molecule has 2 aromatic carbocycles. The molecule has 0 saturated heterocycles. The van der Waals surface area contributed by atoms with Crippen LogP contribution in [0, 0.1) is 5.82 Å². The first-order valence-corrected chi connectivity index (χ1v) is 8.08. The zero-order chi connectivity index (χ0) is 17.5. The average Bonchev–Trinajstić information content (AvgIpc) is 2.77. The third-order valence-electron chi connectivity index (χ3n) is 3.73. The summed E-state index contributed by atoms with van der Waals surface area (Å²) in [7, 11) is 0. The minimum Gasteiger partial charge on any atom is -0.272 e. The van der Waals surface area contributed by atoms with Crippen LogP contribution in [0.15, 0.2) is 53.5 Å². The number of carbonyl (C=O) groups is 1. The van der Waals surface area contributed by atoms with Crippen molar-refractivity contribution in [1.82, 2.24) is 4.90 Å². The maximum Gasteiger partial charge on any atom is 0.261 e. The Labute approximate surface area is 149 Å². The number of hydrogen-bond donors (Lipinski definition) is 0. The second-order valence-corrected chi connectivity index (χ2v) is 6.74. The lowest BCUT2D eigenvalue weighted by molar-refractivity contribution is 0.0758. The maximum absolute atomic E-state index is 13.4. The predicted octanol–water partition coefficient (Wildman–Crippen LogP) is 4.49. The maximum atomic E-state index is 13.4. The molecular weight excluding hydrogens is 347 g/mol. The number of halogens is 2. The Morgan fingerprint density at radius 1 is 1.21 bits per heavy atom. The molecule has 2 aromatic rings. The van der Waals surface area contributed by atoms with Crippen molar-refractivity contribution in [2.75, 3.05) is 0 Å². The van der Waals surface area contributed by atoms with E-state index in [0.717, 1.165) is 5.56 Å². The van der Waals surface area contributed by atoms with Crippen molar-refractivity contribution in [3.63, 3.8) is 0 Å². The molecule has 0 fully saturated rings. The van der Waals surface area contributed by atoms with Crippen molar-refractivity contribution < 1.29 is 9.18 Å². The molecule has 3 rings (SSSR count). The number of nitrogens with zero attached hydrogens (tertiary/aromatic N) is 2. The van der Waals surface area contributed by atoms with Crippen molar-refractivity contribution in [1.29, 1.82) is 0 Å². The number of rotatable bonds is 2. The number of aliphatic imine (C=N–C) groups is 1. The topological polar surface area (TPSA) is 32.7 Å². The molecule has 0 bridgehead atoms. The van der Waals surface area contributed by atoms with Gasteiger partial charge in [-0.3, -0.25) is 14.7 Å². The van der Waals surface area contributed by atoms with Gasteiger partial charge in [-0.2, -0.15) is 0 Å². The van der Waals surface area contributed by atoms with Crippen LogP contribution in [-0.2, 0) is 0 Å². The van der Waals surface area contributed by atoms with Gasteiger partial charge in [0.25, 0.3) is 5.91 Å². The van der Waals surface area contributed by atoms with Crippen LogP contribution >= 0.6 is 23.8 Å². The summed E-state index contributed by atoms with van der Waals surface area (Å²) in [5.74, 6) is -0.847. The quantitative estimate of drug-likeness (QED) is 0.739. The SMILES string of the molecule is CC1(C)N=C(c2ccc(Cl)cc2)C(=S)N1C(=O)c1cccc(F)c1. The Hall–Kier alpha value is -2.11. The fourth-order valence-electron chi connectivity index (χ4n) is 2.61. The van der Waals surface area contributed by atoms with E-state index in [0.29, 0.717) is 15.7 Å². The number of hydrogen-bond acceptors (Lipinski definition) is 3. The molecular formula is C18H14ClFN2OS. The first kappa shape index (κ1) is 16.7. The minimum absolute atomic E-state index is 0.234. The van der Waals surface area contributed by atoms with Crippen molar-refractivity contribution in [2.24, 2.45) is 4.99 Å². The summed E-state index contributed by atoms with van der Waals surface area (Å²) in [5.41, 5.74) is 0.719.